The van der Waals surface area contributed by atoms with Crippen molar-refractivity contribution >= 4 is 5.78 Å². The van der Waals surface area contributed by atoms with Gasteiger partial charge in [-0.25, -0.2) is 0 Å². The molecule has 0 spiro atoms. The lowest BCUT2D eigenvalue weighted by Gasteiger charge is -2.08. The molecule has 2 nitrogen and oxygen atoms in total. The molecule has 86 valence electrons. The summed E-state index contributed by atoms with van der Waals surface area (Å²) < 4.78 is 0. The maximum Gasteiger partial charge on any atom is 0.178 e. The molecule has 0 fully saturated rings. The molecule has 2 rings (SSSR count). The molecule has 0 saturated heterocycles. The summed E-state index contributed by atoms with van der Waals surface area (Å²) in [7, 11) is 0. The van der Waals surface area contributed by atoms with Gasteiger partial charge in [0.1, 0.15) is 5.69 Å². The Morgan fingerprint density at radius 3 is 2.47 bits per heavy atom. The molecule has 0 bridgehead atoms. The molecule has 2 aromatic rings. The molecule has 17 heavy (non-hydrogen) atoms. The standard InChI is InChI=1S/C15H15NO/c1-10-5-4-6-14(11(10)2)13-7-8-15(12(3)17)16-9-13/h4-9H,1-3H3. The molecule has 1 aromatic heterocycles. The van der Waals surface area contributed by atoms with Gasteiger partial charge in [0, 0.05) is 18.7 Å². The SMILES string of the molecule is CC(=O)c1ccc(-c2cccc(C)c2C)cn1. The number of pyridine rings is 1. The van der Waals surface area contributed by atoms with E-state index in [1.807, 2.05) is 12.1 Å². The van der Waals surface area contributed by atoms with Gasteiger partial charge < -0.3 is 0 Å². The largest absolute Gasteiger partial charge is 0.293 e. The third-order valence-corrected chi connectivity index (χ3v) is 3.04. The van der Waals surface area contributed by atoms with Crippen LogP contribution in [0.4, 0.5) is 0 Å². The van der Waals surface area contributed by atoms with Crippen molar-refractivity contribution in [3.63, 3.8) is 0 Å². The zero-order valence-corrected chi connectivity index (χ0v) is 10.3. The highest BCUT2D eigenvalue weighted by atomic mass is 16.1. The van der Waals surface area contributed by atoms with E-state index in [1.54, 1.807) is 12.3 Å². The second-order valence-corrected chi connectivity index (χ2v) is 4.24. The van der Waals surface area contributed by atoms with Gasteiger partial charge in [-0.2, -0.15) is 0 Å². The zero-order valence-electron chi connectivity index (χ0n) is 10.3. The third-order valence-electron chi connectivity index (χ3n) is 3.04. The molecule has 0 amide bonds. The number of hydrogen-bond donors (Lipinski definition) is 0. The van der Waals surface area contributed by atoms with Crippen LogP contribution < -0.4 is 0 Å². The molecule has 0 unspecified atom stereocenters. The number of carbonyl (C=O) groups excluding carboxylic acids is 1. The number of rotatable bonds is 2. The fourth-order valence-corrected chi connectivity index (χ4v) is 1.83. The smallest absolute Gasteiger partial charge is 0.178 e. The van der Waals surface area contributed by atoms with Crippen molar-refractivity contribution in [2.75, 3.05) is 0 Å². The first-order valence-corrected chi connectivity index (χ1v) is 5.63. The molecular weight excluding hydrogens is 210 g/mol. The van der Waals surface area contributed by atoms with Crippen LogP contribution in [0.2, 0.25) is 0 Å². The molecule has 0 saturated carbocycles. The molecule has 0 aliphatic heterocycles. The summed E-state index contributed by atoms with van der Waals surface area (Å²) in [6.07, 6.45) is 1.76. The summed E-state index contributed by atoms with van der Waals surface area (Å²) in [4.78, 5) is 15.3. The molecule has 0 aliphatic rings. The average Bonchev–Trinajstić information content (AvgIpc) is 2.33. The Balaban J connectivity index is 2.47. The number of Topliss-reactive ketones (excluding diaryl/α,β-unsaturated/α-hetero) is 1. The molecule has 2 heteroatoms. The van der Waals surface area contributed by atoms with E-state index in [9.17, 15) is 4.79 Å². The second kappa shape index (κ2) is 4.50. The van der Waals surface area contributed by atoms with E-state index in [0.29, 0.717) is 5.69 Å². The quantitative estimate of drug-likeness (QED) is 0.731. The maximum atomic E-state index is 11.2. The molecule has 1 heterocycles. The average molecular weight is 225 g/mol. The normalized spacial score (nSPS) is 10.3. The lowest BCUT2D eigenvalue weighted by atomic mass is 9.98. The number of hydrogen-bond acceptors (Lipinski definition) is 2. The van der Waals surface area contributed by atoms with E-state index >= 15 is 0 Å². The Kier molecular flexibility index (Phi) is 3.05. The minimum Gasteiger partial charge on any atom is -0.293 e. The van der Waals surface area contributed by atoms with Gasteiger partial charge in [-0.3, -0.25) is 9.78 Å². The van der Waals surface area contributed by atoms with Crippen LogP contribution in [0.15, 0.2) is 36.5 Å². The van der Waals surface area contributed by atoms with Crippen LogP contribution in [-0.4, -0.2) is 10.8 Å². The van der Waals surface area contributed by atoms with Crippen molar-refractivity contribution in [2.24, 2.45) is 0 Å². The van der Waals surface area contributed by atoms with Crippen LogP contribution in [0.5, 0.6) is 0 Å². The molecule has 1 aromatic carbocycles. The third kappa shape index (κ3) is 2.26. The lowest BCUT2D eigenvalue weighted by Crippen LogP contribution is -1.96. The summed E-state index contributed by atoms with van der Waals surface area (Å²) in [6, 6.07) is 9.94. The monoisotopic (exact) mass is 225 g/mol. The Morgan fingerprint density at radius 1 is 1.12 bits per heavy atom. The van der Waals surface area contributed by atoms with Gasteiger partial charge in [0.05, 0.1) is 0 Å². The number of ketones is 1. The minimum atomic E-state index is -0.00230. The van der Waals surface area contributed by atoms with E-state index in [2.05, 4.69) is 31.0 Å². The van der Waals surface area contributed by atoms with Crippen molar-refractivity contribution < 1.29 is 4.79 Å². The first kappa shape index (κ1) is 11.5. The van der Waals surface area contributed by atoms with Crippen LogP contribution in [0.3, 0.4) is 0 Å². The summed E-state index contributed by atoms with van der Waals surface area (Å²) in [5.74, 6) is -0.00230. The van der Waals surface area contributed by atoms with E-state index in [0.717, 1.165) is 5.56 Å². The van der Waals surface area contributed by atoms with Crippen molar-refractivity contribution in [2.45, 2.75) is 20.8 Å². The van der Waals surface area contributed by atoms with E-state index in [-0.39, 0.29) is 5.78 Å². The Hall–Kier alpha value is -1.96. The summed E-state index contributed by atoms with van der Waals surface area (Å²) in [6.45, 7) is 5.72. The van der Waals surface area contributed by atoms with Crippen molar-refractivity contribution in [1.29, 1.82) is 0 Å². The second-order valence-electron chi connectivity index (χ2n) is 4.24. The van der Waals surface area contributed by atoms with Gasteiger partial charge in [-0.1, -0.05) is 24.3 Å². The van der Waals surface area contributed by atoms with Crippen LogP contribution >= 0.6 is 0 Å². The van der Waals surface area contributed by atoms with Crippen LogP contribution in [0.1, 0.15) is 28.5 Å². The van der Waals surface area contributed by atoms with Crippen molar-refractivity contribution in [3.05, 3.63) is 53.3 Å². The summed E-state index contributed by atoms with van der Waals surface area (Å²) >= 11 is 0. The first-order valence-electron chi connectivity index (χ1n) is 5.63. The highest BCUT2D eigenvalue weighted by Gasteiger charge is 2.05. The summed E-state index contributed by atoms with van der Waals surface area (Å²) in [5.41, 5.74) is 5.26. The van der Waals surface area contributed by atoms with Crippen LogP contribution in [0, 0.1) is 13.8 Å². The maximum absolute atomic E-state index is 11.2. The van der Waals surface area contributed by atoms with Gasteiger partial charge >= 0.3 is 0 Å². The molecule has 0 N–H and O–H groups in total. The molecule has 0 radical (unpaired) electrons. The van der Waals surface area contributed by atoms with Gasteiger partial charge in [0.15, 0.2) is 5.78 Å². The fourth-order valence-electron chi connectivity index (χ4n) is 1.83. The first-order chi connectivity index (χ1) is 8.09. The Labute approximate surface area is 101 Å². The number of nitrogens with zero attached hydrogens (tertiary/aromatic N) is 1. The van der Waals surface area contributed by atoms with E-state index in [1.165, 1.54) is 23.6 Å². The molecular formula is C15H15NO. The summed E-state index contributed by atoms with van der Waals surface area (Å²) in [5, 5.41) is 0. The number of aryl methyl sites for hydroxylation is 1. The number of aromatic nitrogens is 1. The van der Waals surface area contributed by atoms with Crippen LogP contribution in [-0.2, 0) is 0 Å². The van der Waals surface area contributed by atoms with Gasteiger partial charge in [0.2, 0.25) is 0 Å². The highest BCUT2D eigenvalue weighted by Crippen LogP contribution is 2.24. The Bertz CT molecular complexity index is 556. The van der Waals surface area contributed by atoms with Crippen LogP contribution in [0.25, 0.3) is 11.1 Å². The number of carbonyl (C=O) groups is 1. The predicted octanol–water partition coefficient (Wildman–Crippen LogP) is 3.57. The van der Waals surface area contributed by atoms with E-state index < -0.39 is 0 Å². The fraction of sp³-hybridized carbons (Fsp3) is 0.200. The van der Waals surface area contributed by atoms with E-state index in [4.69, 9.17) is 0 Å². The van der Waals surface area contributed by atoms with Crippen molar-refractivity contribution in [3.8, 4) is 11.1 Å². The topological polar surface area (TPSA) is 30.0 Å². The highest BCUT2D eigenvalue weighted by molar-refractivity contribution is 5.92. The molecule has 0 aliphatic carbocycles. The minimum absolute atomic E-state index is 0.00230. The number of benzene rings is 1. The molecule has 0 atom stereocenters. The lowest BCUT2D eigenvalue weighted by molar-refractivity contribution is 0.101. The van der Waals surface area contributed by atoms with Gasteiger partial charge in [0.25, 0.3) is 0 Å². The predicted molar refractivity (Wildman–Crippen MR) is 69.2 cm³/mol. The zero-order chi connectivity index (χ0) is 12.4. The van der Waals surface area contributed by atoms with Gasteiger partial charge in [-0.05, 0) is 36.6 Å². The Morgan fingerprint density at radius 2 is 1.88 bits per heavy atom. The van der Waals surface area contributed by atoms with Gasteiger partial charge in [-0.15, -0.1) is 0 Å². The van der Waals surface area contributed by atoms with Crippen molar-refractivity contribution in [1.82, 2.24) is 4.98 Å².